The summed E-state index contributed by atoms with van der Waals surface area (Å²) < 4.78 is 0.181. The van der Waals surface area contributed by atoms with Crippen LogP contribution < -0.4 is 0 Å². The molecule has 2 rings (SSSR count). The van der Waals surface area contributed by atoms with Gasteiger partial charge in [-0.1, -0.05) is 60.7 Å². The van der Waals surface area contributed by atoms with Crippen LogP contribution in [0.25, 0.3) is 0 Å². The van der Waals surface area contributed by atoms with Gasteiger partial charge in [0.2, 0.25) is 0 Å². The van der Waals surface area contributed by atoms with E-state index in [-0.39, 0.29) is 10.4 Å². The zero-order valence-corrected chi connectivity index (χ0v) is 11.4. The number of nitrogens with zero attached hydrogens (tertiary/aromatic N) is 1. The first-order chi connectivity index (χ1) is 9.00. The Balaban J connectivity index is 2.40. The Kier molecular flexibility index (Phi) is 4.08. The summed E-state index contributed by atoms with van der Waals surface area (Å²) in [6, 6.07) is 19.4. The molecule has 97 valence electrons. The predicted octanol–water partition coefficient (Wildman–Crippen LogP) is 2.62. The Morgan fingerprint density at radius 3 is 1.68 bits per heavy atom. The lowest BCUT2D eigenvalue weighted by Crippen LogP contribution is -2.43. The van der Waals surface area contributed by atoms with Gasteiger partial charge in [0.1, 0.15) is 6.10 Å². The average molecular weight is 252 g/mol. The van der Waals surface area contributed by atoms with Gasteiger partial charge in [-0.25, -0.2) is 7.98 Å². The first-order valence-electron chi connectivity index (χ1n) is 6.40. The Labute approximate surface area is 116 Å². The van der Waals surface area contributed by atoms with Gasteiger partial charge in [-0.15, -0.1) is 0 Å². The van der Waals surface area contributed by atoms with E-state index >= 15 is 0 Å². The molecular formula is C16H19BNO. The van der Waals surface area contributed by atoms with Crippen LogP contribution in [0.2, 0.25) is 0 Å². The number of hydrogen-bond donors (Lipinski definition) is 1. The van der Waals surface area contributed by atoms with Gasteiger partial charge in [-0.05, 0) is 5.56 Å². The highest BCUT2D eigenvalue weighted by Crippen LogP contribution is 2.35. The molecule has 0 aliphatic rings. The summed E-state index contributed by atoms with van der Waals surface area (Å²) in [6.07, 6.45) is -0.636. The van der Waals surface area contributed by atoms with Crippen LogP contribution in [0.4, 0.5) is 0 Å². The molecule has 1 N–H and O–H groups in total. The molecule has 0 heterocycles. The lowest BCUT2D eigenvalue weighted by Gasteiger charge is -2.50. The summed E-state index contributed by atoms with van der Waals surface area (Å²) in [7, 11) is 10.0. The van der Waals surface area contributed by atoms with Crippen LogP contribution in [0.5, 0.6) is 0 Å². The summed E-state index contributed by atoms with van der Waals surface area (Å²) in [4.78, 5) is 0. The number of likely N-dealkylation sites (N-methyl/N-ethyl adjacent to an activating group) is 1. The third-order valence-corrected chi connectivity index (χ3v) is 3.30. The van der Waals surface area contributed by atoms with E-state index in [4.69, 9.17) is 7.98 Å². The SMILES string of the molecule is [B-][N+](C)(C)C(c1ccccc1)C(O)c1ccccc1. The number of hydrogen-bond acceptors (Lipinski definition) is 1. The molecule has 0 amide bonds. The first-order valence-corrected chi connectivity index (χ1v) is 6.40. The minimum absolute atomic E-state index is 0.181. The highest BCUT2D eigenvalue weighted by Gasteiger charge is 2.27. The average Bonchev–Trinajstić information content (AvgIpc) is 2.39. The fourth-order valence-electron chi connectivity index (χ4n) is 2.41. The van der Waals surface area contributed by atoms with Crippen molar-refractivity contribution in [2.45, 2.75) is 12.1 Å². The molecule has 19 heavy (non-hydrogen) atoms. The fraction of sp³-hybridized carbons (Fsp3) is 0.250. The number of rotatable bonds is 4. The van der Waals surface area contributed by atoms with Crippen LogP contribution in [0.15, 0.2) is 60.7 Å². The van der Waals surface area contributed by atoms with Crippen LogP contribution in [-0.4, -0.2) is 31.6 Å². The van der Waals surface area contributed by atoms with Gasteiger partial charge in [0, 0.05) is 19.7 Å². The van der Waals surface area contributed by atoms with Crippen molar-refractivity contribution in [3.8, 4) is 0 Å². The molecule has 3 radical (unpaired) electrons. The van der Waals surface area contributed by atoms with Crippen LogP contribution in [-0.2, 0) is 0 Å². The zero-order valence-electron chi connectivity index (χ0n) is 11.4. The van der Waals surface area contributed by atoms with Gasteiger partial charge in [-0.3, -0.25) is 0 Å². The van der Waals surface area contributed by atoms with E-state index in [9.17, 15) is 5.11 Å². The van der Waals surface area contributed by atoms with Gasteiger partial charge >= 0.3 is 0 Å². The Morgan fingerprint density at radius 1 is 0.842 bits per heavy atom. The Hall–Kier alpha value is -1.58. The molecular weight excluding hydrogens is 233 g/mol. The van der Waals surface area contributed by atoms with Gasteiger partial charge in [-0.2, -0.15) is 0 Å². The summed E-state index contributed by atoms with van der Waals surface area (Å²) in [5.74, 6) is 0. The molecule has 0 aromatic heterocycles. The minimum Gasteiger partial charge on any atom is -0.584 e. The summed E-state index contributed by atoms with van der Waals surface area (Å²) in [5, 5.41) is 10.7. The van der Waals surface area contributed by atoms with E-state index in [1.807, 2.05) is 74.8 Å². The molecule has 0 bridgehead atoms. The first kappa shape index (κ1) is 13.8. The summed E-state index contributed by atoms with van der Waals surface area (Å²) in [6.45, 7) is 0. The maximum atomic E-state index is 10.7. The standard InChI is InChI=1S/C16H19BNO/c1-18(2,17)15(13-9-5-3-6-10-13)16(19)14-11-7-4-8-12-14/h3-12,15-16,19H,1-2H3. The number of quaternary nitrogens is 1. The summed E-state index contributed by atoms with van der Waals surface area (Å²) >= 11 is 0. The van der Waals surface area contributed by atoms with Crippen molar-refractivity contribution in [3.05, 3.63) is 71.8 Å². The highest BCUT2D eigenvalue weighted by molar-refractivity contribution is 5.97. The summed E-state index contributed by atoms with van der Waals surface area (Å²) in [5.41, 5.74) is 1.92. The van der Waals surface area contributed by atoms with Crippen molar-refractivity contribution < 1.29 is 9.50 Å². The zero-order chi connectivity index (χ0) is 13.9. The molecule has 2 atom stereocenters. The third kappa shape index (κ3) is 3.25. The smallest absolute Gasteiger partial charge is 0.131 e. The van der Waals surface area contributed by atoms with Crippen molar-refractivity contribution in [3.63, 3.8) is 0 Å². The molecule has 2 nitrogen and oxygen atoms in total. The second-order valence-electron chi connectivity index (χ2n) is 5.34. The van der Waals surface area contributed by atoms with Crippen molar-refractivity contribution >= 4 is 7.98 Å². The van der Waals surface area contributed by atoms with E-state index in [0.717, 1.165) is 11.1 Å². The number of aliphatic hydroxyl groups excluding tert-OH is 1. The topological polar surface area (TPSA) is 20.2 Å². The molecule has 0 spiro atoms. The molecule has 0 aliphatic carbocycles. The Bertz CT molecular complexity index is 507. The van der Waals surface area contributed by atoms with Gasteiger partial charge in [0.05, 0.1) is 6.04 Å². The molecule has 0 aliphatic heterocycles. The van der Waals surface area contributed by atoms with Crippen molar-refractivity contribution in [1.82, 2.24) is 0 Å². The second-order valence-corrected chi connectivity index (χ2v) is 5.34. The lowest BCUT2D eigenvalue weighted by atomic mass is 9.91. The van der Waals surface area contributed by atoms with Crippen LogP contribution >= 0.6 is 0 Å². The van der Waals surface area contributed by atoms with Gasteiger partial charge in [0.15, 0.2) is 0 Å². The van der Waals surface area contributed by atoms with Gasteiger partial charge in [0.25, 0.3) is 0 Å². The molecule has 2 unspecified atom stereocenters. The molecule has 2 aromatic rings. The van der Waals surface area contributed by atoms with E-state index in [0.29, 0.717) is 0 Å². The minimum atomic E-state index is -0.636. The third-order valence-electron chi connectivity index (χ3n) is 3.30. The van der Waals surface area contributed by atoms with Crippen LogP contribution in [0, 0.1) is 0 Å². The van der Waals surface area contributed by atoms with Crippen molar-refractivity contribution in [2.75, 3.05) is 14.1 Å². The largest absolute Gasteiger partial charge is 0.584 e. The quantitative estimate of drug-likeness (QED) is 0.829. The molecule has 0 saturated heterocycles. The fourth-order valence-corrected chi connectivity index (χ4v) is 2.41. The number of benzene rings is 2. The Morgan fingerprint density at radius 2 is 1.26 bits per heavy atom. The van der Waals surface area contributed by atoms with E-state index < -0.39 is 6.10 Å². The normalized spacial score (nSPS) is 14.9. The maximum absolute atomic E-state index is 10.7. The van der Waals surface area contributed by atoms with E-state index in [1.165, 1.54) is 0 Å². The van der Waals surface area contributed by atoms with Crippen molar-refractivity contribution in [1.29, 1.82) is 0 Å². The van der Waals surface area contributed by atoms with E-state index in [1.54, 1.807) is 0 Å². The monoisotopic (exact) mass is 252 g/mol. The molecule has 2 aromatic carbocycles. The predicted molar refractivity (Wildman–Crippen MR) is 78.4 cm³/mol. The van der Waals surface area contributed by atoms with E-state index in [2.05, 4.69) is 0 Å². The molecule has 3 heteroatoms. The highest BCUT2D eigenvalue weighted by atomic mass is 16.3. The van der Waals surface area contributed by atoms with Gasteiger partial charge < -0.3 is 9.50 Å². The molecule has 0 fully saturated rings. The van der Waals surface area contributed by atoms with Crippen molar-refractivity contribution in [2.24, 2.45) is 0 Å². The second kappa shape index (κ2) is 5.60. The maximum Gasteiger partial charge on any atom is 0.131 e. The lowest BCUT2D eigenvalue weighted by molar-refractivity contribution is -0.815. The van der Waals surface area contributed by atoms with Crippen LogP contribution in [0.1, 0.15) is 23.3 Å². The van der Waals surface area contributed by atoms with Crippen LogP contribution in [0.3, 0.4) is 0 Å². The molecule has 0 saturated carbocycles. The number of aliphatic hydroxyl groups is 1.